The highest BCUT2D eigenvalue weighted by Crippen LogP contribution is 2.25. The van der Waals surface area contributed by atoms with Crippen LogP contribution in [-0.4, -0.2) is 34.0 Å². The average molecular weight is 389 g/mol. The van der Waals surface area contributed by atoms with Crippen LogP contribution in [0.15, 0.2) is 16.8 Å². The van der Waals surface area contributed by atoms with Gasteiger partial charge in [-0.2, -0.15) is 0 Å². The fourth-order valence-electron chi connectivity index (χ4n) is 3.10. The van der Waals surface area contributed by atoms with E-state index in [0.29, 0.717) is 17.1 Å². The molecule has 6 nitrogen and oxygen atoms in total. The summed E-state index contributed by atoms with van der Waals surface area (Å²) in [7, 11) is 1.87. The van der Waals surface area contributed by atoms with Gasteiger partial charge in [-0.25, -0.2) is 14.8 Å². The van der Waals surface area contributed by atoms with E-state index < -0.39 is 0 Å². The van der Waals surface area contributed by atoms with Crippen LogP contribution < -0.4 is 5.32 Å². The minimum absolute atomic E-state index is 0.0641. The van der Waals surface area contributed by atoms with Crippen LogP contribution in [0.3, 0.4) is 0 Å². The second-order valence-corrected chi connectivity index (χ2v) is 9.11. The van der Waals surface area contributed by atoms with Gasteiger partial charge < -0.3 is 9.32 Å². The molecule has 7 heteroatoms. The fourth-order valence-corrected chi connectivity index (χ4v) is 3.81. The van der Waals surface area contributed by atoms with Crippen molar-refractivity contribution in [2.24, 2.45) is 0 Å². The molecule has 1 aliphatic rings. The number of hydrogen-bond donors (Lipinski definition) is 1. The summed E-state index contributed by atoms with van der Waals surface area (Å²) >= 11 is 1.43. The maximum absolute atomic E-state index is 12.4. The van der Waals surface area contributed by atoms with Crippen molar-refractivity contribution in [3.8, 4) is 0 Å². The molecule has 0 spiro atoms. The van der Waals surface area contributed by atoms with E-state index in [1.165, 1.54) is 30.6 Å². The number of nitrogens with one attached hydrogen (secondary N) is 1. The van der Waals surface area contributed by atoms with Crippen LogP contribution in [0, 0.1) is 0 Å². The van der Waals surface area contributed by atoms with Crippen LogP contribution >= 0.6 is 11.3 Å². The number of nitrogens with zero attached hydrogens (tertiary/aromatic N) is 3. The van der Waals surface area contributed by atoms with Crippen LogP contribution in [0.25, 0.3) is 12.2 Å². The summed E-state index contributed by atoms with van der Waals surface area (Å²) in [5.74, 6) is 1.42. The Kier molecular flexibility index (Phi) is 5.99. The molecule has 0 aliphatic heterocycles. The monoisotopic (exact) mass is 388 g/mol. The van der Waals surface area contributed by atoms with Gasteiger partial charge in [-0.15, -0.1) is 0 Å². The van der Waals surface area contributed by atoms with Gasteiger partial charge in [0.05, 0.1) is 6.20 Å². The Balaban J connectivity index is 1.58. The lowest BCUT2D eigenvalue weighted by molar-refractivity contribution is 0.186. The summed E-state index contributed by atoms with van der Waals surface area (Å²) in [4.78, 5) is 23.8. The lowest BCUT2D eigenvalue weighted by Gasteiger charge is -2.30. The van der Waals surface area contributed by atoms with Gasteiger partial charge in [0.2, 0.25) is 5.89 Å². The molecular weight excluding hydrogens is 360 g/mol. The molecule has 1 saturated carbocycles. The van der Waals surface area contributed by atoms with E-state index in [2.05, 4.69) is 36.1 Å². The quantitative estimate of drug-likeness (QED) is 0.762. The lowest BCUT2D eigenvalue weighted by Crippen LogP contribution is -2.40. The topological polar surface area (TPSA) is 71.3 Å². The van der Waals surface area contributed by atoms with E-state index in [1.807, 2.05) is 24.1 Å². The summed E-state index contributed by atoms with van der Waals surface area (Å²) in [6.07, 6.45) is 13.1. The standard InChI is InChI=1S/C20H28N4O2S/c1-20(2,3)16-13-21-17(26-16)11-10-15-12-22-18(27-15)23-19(25)24(4)14-8-6-5-7-9-14/h10-14H,5-9H2,1-4H3,(H,22,23,25). The average Bonchev–Trinajstić information content (AvgIpc) is 3.29. The largest absolute Gasteiger partial charge is 0.441 e. The van der Waals surface area contributed by atoms with E-state index >= 15 is 0 Å². The van der Waals surface area contributed by atoms with Gasteiger partial charge in [0.1, 0.15) is 5.76 Å². The molecule has 0 radical (unpaired) electrons. The Bertz CT molecular complexity index is 797. The molecule has 146 valence electrons. The van der Waals surface area contributed by atoms with Gasteiger partial charge >= 0.3 is 6.03 Å². The van der Waals surface area contributed by atoms with Crippen molar-refractivity contribution in [1.29, 1.82) is 0 Å². The summed E-state index contributed by atoms with van der Waals surface area (Å²) in [6.45, 7) is 6.26. The molecule has 0 bridgehead atoms. The van der Waals surface area contributed by atoms with Crippen molar-refractivity contribution in [3.63, 3.8) is 0 Å². The summed E-state index contributed by atoms with van der Waals surface area (Å²) in [5, 5.41) is 3.50. The van der Waals surface area contributed by atoms with E-state index in [4.69, 9.17) is 4.42 Å². The molecule has 2 heterocycles. The summed E-state index contributed by atoms with van der Waals surface area (Å²) < 4.78 is 5.75. The van der Waals surface area contributed by atoms with E-state index in [9.17, 15) is 4.79 Å². The van der Waals surface area contributed by atoms with Gasteiger partial charge in [-0.1, -0.05) is 51.4 Å². The predicted octanol–water partition coefficient (Wildman–Crippen LogP) is 5.40. The highest BCUT2D eigenvalue weighted by Gasteiger charge is 2.22. The third-order valence-electron chi connectivity index (χ3n) is 4.83. The van der Waals surface area contributed by atoms with Crippen LogP contribution in [-0.2, 0) is 5.41 Å². The van der Waals surface area contributed by atoms with Crippen molar-refractivity contribution in [2.45, 2.75) is 64.3 Å². The highest BCUT2D eigenvalue weighted by molar-refractivity contribution is 7.16. The number of hydrogen-bond acceptors (Lipinski definition) is 5. The van der Waals surface area contributed by atoms with Crippen LogP contribution in [0.1, 0.15) is 69.4 Å². The zero-order chi connectivity index (χ0) is 19.4. The maximum Gasteiger partial charge on any atom is 0.323 e. The smallest absolute Gasteiger partial charge is 0.323 e. The molecule has 0 unspecified atom stereocenters. The third kappa shape index (κ3) is 5.19. The number of carbonyl (C=O) groups is 1. The molecule has 1 fully saturated rings. The minimum Gasteiger partial charge on any atom is -0.441 e. The lowest BCUT2D eigenvalue weighted by atomic mass is 9.94. The van der Waals surface area contributed by atoms with Gasteiger partial charge in [0.25, 0.3) is 0 Å². The van der Waals surface area contributed by atoms with Crippen LogP contribution in [0.4, 0.5) is 9.93 Å². The fraction of sp³-hybridized carbons (Fsp3) is 0.550. The minimum atomic E-state index is -0.0886. The van der Waals surface area contributed by atoms with Crippen molar-refractivity contribution in [3.05, 3.63) is 28.9 Å². The molecule has 2 amide bonds. The van der Waals surface area contributed by atoms with Crippen molar-refractivity contribution >= 4 is 34.7 Å². The molecule has 1 N–H and O–H groups in total. The molecule has 0 atom stereocenters. The summed E-state index contributed by atoms with van der Waals surface area (Å²) in [5.41, 5.74) is -0.0641. The first kappa shape index (κ1) is 19.6. The van der Waals surface area contributed by atoms with Gasteiger partial charge in [-0.3, -0.25) is 5.32 Å². The van der Waals surface area contributed by atoms with Crippen molar-refractivity contribution in [2.75, 3.05) is 12.4 Å². The number of oxazole rings is 1. The number of carbonyl (C=O) groups excluding carboxylic acids is 1. The van der Waals surface area contributed by atoms with Gasteiger partial charge in [0.15, 0.2) is 5.13 Å². The van der Waals surface area contributed by atoms with E-state index in [1.54, 1.807) is 12.4 Å². The predicted molar refractivity (Wildman–Crippen MR) is 110 cm³/mol. The van der Waals surface area contributed by atoms with Gasteiger partial charge in [-0.05, 0) is 18.9 Å². The molecule has 0 aromatic carbocycles. The third-order valence-corrected chi connectivity index (χ3v) is 5.71. The molecule has 2 aromatic heterocycles. The van der Waals surface area contributed by atoms with E-state index in [-0.39, 0.29) is 11.4 Å². The number of rotatable bonds is 4. The Labute approximate surface area is 164 Å². The van der Waals surface area contributed by atoms with E-state index in [0.717, 1.165) is 23.5 Å². The highest BCUT2D eigenvalue weighted by atomic mass is 32.1. The molecule has 27 heavy (non-hydrogen) atoms. The molecular formula is C20H28N4O2S. The Morgan fingerprint density at radius 3 is 2.63 bits per heavy atom. The normalized spacial score (nSPS) is 16.0. The Morgan fingerprint density at radius 1 is 1.22 bits per heavy atom. The number of aromatic nitrogens is 2. The first-order valence-corrected chi connectivity index (χ1v) is 10.3. The number of anilines is 1. The molecule has 2 aromatic rings. The molecule has 0 saturated heterocycles. The van der Waals surface area contributed by atoms with Crippen molar-refractivity contribution < 1.29 is 9.21 Å². The van der Waals surface area contributed by atoms with Gasteiger partial charge in [0, 0.05) is 35.7 Å². The number of urea groups is 1. The van der Waals surface area contributed by atoms with Crippen LogP contribution in [0.2, 0.25) is 0 Å². The second-order valence-electron chi connectivity index (χ2n) is 8.05. The zero-order valence-electron chi connectivity index (χ0n) is 16.5. The second kappa shape index (κ2) is 8.25. The SMILES string of the molecule is CN(C(=O)Nc1ncc(C=Cc2ncc(C(C)(C)C)o2)s1)C1CCCCC1. The number of thiazole rings is 1. The Hall–Kier alpha value is -2.15. The van der Waals surface area contributed by atoms with Crippen LogP contribution in [0.5, 0.6) is 0 Å². The molecule has 3 rings (SSSR count). The van der Waals surface area contributed by atoms with Crippen molar-refractivity contribution in [1.82, 2.24) is 14.9 Å². The first-order valence-electron chi connectivity index (χ1n) is 9.47. The maximum atomic E-state index is 12.4. The first-order chi connectivity index (χ1) is 12.8. The molecule has 1 aliphatic carbocycles. The zero-order valence-corrected chi connectivity index (χ0v) is 17.3. The summed E-state index contributed by atoms with van der Waals surface area (Å²) in [6, 6.07) is 0.245. The Morgan fingerprint density at radius 2 is 1.96 bits per heavy atom. The number of amides is 2.